The summed E-state index contributed by atoms with van der Waals surface area (Å²) in [5.74, 6) is -2.17. The molecular formula is C37H49FO9. The van der Waals surface area contributed by atoms with Crippen LogP contribution in [0, 0.1) is 53.2 Å². The molecular weight excluding hydrogens is 607 g/mol. The van der Waals surface area contributed by atoms with Crippen LogP contribution >= 0.6 is 0 Å². The Balaban J connectivity index is 1.15. The van der Waals surface area contributed by atoms with Gasteiger partial charge in [-0.15, -0.1) is 0 Å². The summed E-state index contributed by atoms with van der Waals surface area (Å²) in [4.78, 5) is 39.4. The Morgan fingerprint density at radius 3 is 2.02 bits per heavy atom. The van der Waals surface area contributed by atoms with Gasteiger partial charge in [0.05, 0.1) is 11.5 Å². The summed E-state index contributed by atoms with van der Waals surface area (Å²) in [5, 5.41) is 0. The molecule has 2 spiro atoms. The normalized spacial score (nSPS) is 54.6. The van der Waals surface area contributed by atoms with Crippen LogP contribution in [-0.4, -0.2) is 46.9 Å². The first-order valence-electron chi connectivity index (χ1n) is 18.1. The van der Waals surface area contributed by atoms with Crippen LogP contribution in [0.15, 0.2) is 24.3 Å². The van der Waals surface area contributed by atoms with Gasteiger partial charge in [-0.2, -0.15) is 0 Å². The third-order valence-corrected chi connectivity index (χ3v) is 14.3. The van der Waals surface area contributed by atoms with E-state index in [0.29, 0.717) is 37.5 Å². The number of carbonyl (C=O) groups excluding carboxylic acids is 1. The van der Waals surface area contributed by atoms with Crippen LogP contribution < -0.4 is 0 Å². The number of carbonyl (C=O) groups is 1. The third-order valence-electron chi connectivity index (χ3n) is 14.3. The number of esters is 1. The molecule has 11 rings (SSSR count). The fourth-order valence-corrected chi connectivity index (χ4v) is 11.8. The number of ether oxygens (including phenoxy) is 4. The van der Waals surface area contributed by atoms with Crippen molar-refractivity contribution in [3.63, 3.8) is 0 Å². The SMILES string of the molecule is C[C@@H]1CC[C@H]2[C@H](C[C@]3(Cc4cccc(F)c4)O[C@H]4O[C@@]5(C)CC[C@H]6[C@H](C)CC[C@@H]([C@H]3C)[C@@]46OO5)C(=O)O[C@H]3O[C@@]4(C)CC[C@@H]1[C@]32OO4. The number of halogens is 1. The van der Waals surface area contributed by atoms with Gasteiger partial charge in [-0.25, -0.2) is 23.9 Å². The van der Waals surface area contributed by atoms with E-state index in [-0.39, 0.29) is 41.4 Å². The first kappa shape index (κ1) is 31.3. The highest BCUT2D eigenvalue weighted by molar-refractivity contribution is 5.74. The molecule has 0 aromatic heterocycles. The molecule has 10 heteroatoms. The molecule has 1 aromatic rings. The van der Waals surface area contributed by atoms with Crippen molar-refractivity contribution >= 4 is 5.97 Å². The summed E-state index contributed by atoms with van der Waals surface area (Å²) >= 11 is 0. The molecule has 47 heavy (non-hydrogen) atoms. The minimum atomic E-state index is -0.957. The summed E-state index contributed by atoms with van der Waals surface area (Å²) < 4.78 is 41.6. The van der Waals surface area contributed by atoms with E-state index in [1.165, 1.54) is 6.07 Å². The molecule has 8 aliphatic heterocycles. The number of hydrogen-bond acceptors (Lipinski definition) is 9. The largest absolute Gasteiger partial charge is 0.432 e. The fourth-order valence-electron chi connectivity index (χ4n) is 11.8. The molecule has 4 bridgehead atoms. The van der Waals surface area contributed by atoms with Crippen molar-refractivity contribution in [2.45, 2.75) is 140 Å². The zero-order valence-electron chi connectivity index (χ0n) is 28.2. The fraction of sp³-hybridized carbons (Fsp3) is 0.811. The summed E-state index contributed by atoms with van der Waals surface area (Å²) in [7, 11) is 0. The van der Waals surface area contributed by atoms with Crippen molar-refractivity contribution in [2.24, 2.45) is 47.3 Å². The molecule has 258 valence electrons. The Kier molecular flexibility index (Phi) is 6.96. The van der Waals surface area contributed by atoms with Crippen molar-refractivity contribution in [3.05, 3.63) is 35.6 Å². The second kappa shape index (κ2) is 10.4. The molecule has 0 amide bonds. The maximum Gasteiger partial charge on any atom is 0.311 e. The lowest BCUT2D eigenvalue weighted by Gasteiger charge is -2.65. The lowest BCUT2D eigenvalue weighted by atomic mass is 9.52. The molecule has 2 aliphatic carbocycles. The van der Waals surface area contributed by atoms with E-state index in [1.54, 1.807) is 12.1 Å². The minimum absolute atomic E-state index is 0.0412. The molecule has 0 N–H and O–H groups in total. The van der Waals surface area contributed by atoms with Crippen molar-refractivity contribution in [2.75, 3.05) is 0 Å². The van der Waals surface area contributed by atoms with E-state index in [2.05, 4.69) is 20.8 Å². The van der Waals surface area contributed by atoms with Crippen LogP contribution in [0.4, 0.5) is 4.39 Å². The lowest BCUT2D eigenvalue weighted by molar-refractivity contribution is -0.577. The topological polar surface area (TPSA) is 90.9 Å². The Morgan fingerprint density at radius 2 is 1.36 bits per heavy atom. The van der Waals surface area contributed by atoms with E-state index in [9.17, 15) is 9.18 Å². The quantitative estimate of drug-likeness (QED) is 0.257. The summed E-state index contributed by atoms with van der Waals surface area (Å²) in [6.45, 7) is 10.6. The predicted molar refractivity (Wildman–Crippen MR) is 163 cm³/mol. The van der Waals surface area contributed by atoms with Gasteiger partial charge in [0.2, 0.25) is 17.9 Å². The Morgan fingerprint density at radius 1 is 0.745 bits per heavy atom. The highest BCUT2D eigenvalue weighted by Crippen LogP contribution is 2.65. The van der Waals surface area contributed by atoms with Gasteiger partial charge >= 0.3 is 5.97 Å². The summed E-state index contributed by atoms with van der Waals surface area (Å²) in [6, 6.07) is 6.73. The Hall–Kier alpha value is -1.66. The van der Waals surface area contributed by atoms with E-state index in [1.807, 2.05) is 19.9 Å². The first-order chi connectivity index (χ1) is 22.4. The smallest absolute Gasteiger partial charge is 0.311 e. The molecule has 2 saturated carbocycles. The number of rotatable bonds is 4. The number of benzene rings is 1. The monoisotopic (exact) mass is 656 g/mol. The third kappa shape index (κ3) is 4.34. The second-order valence-electron chi connectivity index (χ2n) is 16.8. The van der Waals surface area contributed by atoms with E-state index in [0.717, 1.165) is 44.1 Å². The van der Waals surface area contributed by atoms with Gasteiger partial charge in [-0.1, -0.05) is 32.9 Å². The molecule has 8 heterocycles. The second-order valence-corrected chi connectivity index (χ2v) is 16.8. The van der Waals surface area contributed by atoms with E-state index < -0.39 is 46.9 Å². The van der Waals surface area contributed by atoms with Gasteiger partial charge < -0.3 is 18.9 Å². The number of fused-ring (bicyclic) bond motifs is 4. The molecule has 0 radical (unpaired) electrons. The maximum atomic E-state index is 14.7. The minimum Gasteiger partial charge on any atom is -0.432 e. The van der Waals surface area contributed by atoms with Crippen molar-refractivity contribution in [1.29, 1.82) is 0 Å². The highest BCUT2D eigenvalue weighted by Gasteiger charge is 2.74. The van der Waals surface area contributed by atoms with Crippen molar-refractivity contribution < 1.29 is 47.7 Å². The first-order valence-corrected chi connectivity index (χ1v) is 18.1. The lowest BCUT2D eigenvalue weighted by Crippen LogP contribution is -2.74. The van der Waals surface area contributed by atoms with Crippen LogP contribution in [0.2, 0.25) is 0 Å². The summed E-state index contributed by atoms with van der Waals surface area (Å²) in [6.07, 6.45) is 6.15. The van der Waals surface area contributed by atoms with Crippen LogP contribution in [0.25, 0.3) is 0 Å². The average molecular weight is 657 g/mol. The molecule has 15 atom stereocenters. The van der Waals surface area contributed by atoms with Gasteiger partial charge in [0.1, 0.15) is 5.82 Å². The van der Waals surface area contributed by atoms with Gasteiger partial charge in [0.15, 0.2) is 17.5 Å². The average Bonchev–Trinajstić information content (AvgIpc) is 3.40. The van der Waals surface area contributed by atoms with E-state index in [4.69, 9.17) is 38.5 Å². The van der Waals surface area contributed by atoms with Crippen LogP contribution in [0.5, 0.6) is 0 Å². The highest BCUT2D eigenvalue weighted by atomic mass is 19.1. The molecule has 10 aliphatic rings. The van der Waals surface area contributed by atoms with Crippen molar-refractivity contribution in [3.8, 4) is 0 Å². The van der Waals surface area contributed by atoms with E-state index >= 15 is 0 Å². The Labute approximate surface area is 276 Å². The van der Waals surface area contributed by atoms with Gasteiger partial charge in [0, 0.05) is 37.0 Å². The zero-order valence-corrected chi connectivity index (χ0v) is 28.2. The molecule has 10 fully saturated rings. The predicted octanol–water partition coefficient (Wildman–Crippen LogP) is 6.77. The van der Waals surface area contributed by atoms with Gasteiger partial charge in [-0.3, -0.25) is 4.79 Å². The van der Waals surface area contributed by atoms with Gasteiger partial charge in [-0.05, 0) is 100 Å². The van der Waals surface area contributed by atoms with Crippen LogP contribution in [-0.2, 0) is 49.7 Å². The zero-order chi connectivity index (χ0) is 32.6. The molecule has 1 aromatic carbocycles. The number of hydrogen-bond donors (Lipinski definition) is 0. The molecule has 8 saturated heterocycles. The molecule has 9 nitrogen and oxygen atoms in total. The maximum absolute atomic E-state index is 14.7. The molecule has 0 unspecified atom stereocenters. The summed E-state index contributed by atoms with van der Waals surface area (Å²) in [5.41, 5.74) is -1.75. The standard InChI is InChI=1S/C37H49FO9/c1-20-9-11-28-22(3)35(18-23-7-6-8-24(38)17-23,43-32-36(28)26(20)13-16-34(5,42-32)45-46-36)19-25-29-12-10-21(2)27-14-15-33(4)41-31(40-30(25)39)37(27,29)47-44-33/h6-8,17,20-22,25-29,31-32H,9-16,18-19H2,1-5H3/t20-,21-,22-,25+,26+,27+,28+,29+,31+,32-,33-,34-,35+,36-,37-/m1/s1. The van der Waals surface area contributed by atoms with Crippen LogP contribution in [0.3, 0.4) is 0 Å². The van der Waals surface area contributed by atoms with Crippen molar-refractivity contribution in [1.82, 2.24) is 0 Å². The van der Waals surface area contributed by atoms with Gasteiger partial charge in [0.25, 0.3) is 0 Å². The Bertz CT molecular complexity index is 1440. The van der Waals surface area contributed by atoms with Crippen LogP contribution in [0.1, 0.15) is 98.0 Å².